The van der Waals surface area contributed by atoms with Crippen LogP contribution < -0.4 is 5.32 Å². The molecule has 0 saturated heterocycles. The van der Waals surface area contributed by atoms with Crippen molar-refractivity contribution in [3.8, 4) is 0 Å². The minimum absolute atomic E-state index is 0.395. The predicted octanol–water partition coefficient (Wildman–Crippen LogP) is 3.15. The summed E-state index contributed by atoms with van der Waals surface area (Å²) in [5.74, 6) is 0.568. The van der Waals surface area contributed by atoms with E-state index in [-0.39, 0.29) is 0 Å². The summed E-state index contributed by atoms with van der Waals surface area (Å²) < 4.78 is 7.71. The van der Waals surface area contributed by atoms with E-state index in [2.05, 4.69) is 36.1 Å². The SMILES string of the molecule is CCOCC(NCc1ccn(C2CCCC2)n1)C(C)C. The highest BCUT2D eigenvalue weighted by atomic mass is 16.5. The lowest BCUT2D eigenvalue weighted by Gasteiger charge is -2.21. The topological polar surface area (TPSA) is 39.1 Å². The van der Waals surface area contributed by atoms with Crippen LogP contribution in [0.15, 0.2) is 12.3 Å². The van der Waals surface area contributed by atoms with E-state index in [1.54, 1.807) is 0 Å². The Balaban J connectivity index is 1.82. The third-order valence-electron chi connectivity index (χ3n) is 4.21. The molecule has 0 amide bonds. The highest BCUT2D eigenvalue weighted by molar-refractivity contribution is 5.00. The molecule has 0 bridgehead atoms. The molecule has 1 aliphatic rings. The van der Waals surface area contributed by atoms with Crippen LogP contribution in [0.5, 0.6) is 0 Å². The maximum Gasteiger partial charge on any atom is 0.0762 e. The van der Waals surface area contributed by atoms with Crippen molar-refractivity contribution in [2.75, 3.05) is 13.2 Å². The van der Waals surface area contributed by atoms with Crippen LogP contribution in [0.3, 0.4) is 0 Å². The second-order valence-electron chi connectivity index (χ2n) is 6.12. The van der Waals surface area contributed by atoms with E-state index in [9.17, 15) is 0 Å². The monoisotopic (exact) mass is 279 g/mol. The van der Waals surface area contributed by atoms with Crippen LogP contribution in [0, 0.1) is 5.92 Å². The minimum atomic E-state index is 0.395. The molecular weight excluding hydrogens is 250 g/mol. The first-order valence-corrected chi connectivity index (χ1v) is 8.06. The molecule has 4 heteroatoms. The zero-order chi connectivity index (χ0) is 14.4. The Bertz CT molecular complexity index is 383. The molecule has 1 aromatic rings. The second-order valence-corrected chi connectivity index (χ2v) is 6.12. The molecule has 4 nitrogen and oxygen atoms in total. The van der Waals surface area contributed by atoms with Crippen LogP contribution >= 0.6 is 0 Å². The lowest BCUT2D eigenvalue weighted by atomic mass is 10.1. The van der Waals surface area contributed by atoms with Gasteiger partial charge in [-0.1, -0.05) is 26.7 Å². The molecule has 0 radical (unpaired) electrons. The van der Waals surface area contributed by atoms with E-state index in [4.69, 9.17) is 9.84 Å². The largest absolute Gasteiger partial charge is 0.380 e. The summed E-state index contributed by atoms with van der Waals surface area (Å²) in [5.41, 5.74) is 1.14. The summed E-state index contributed by atoms with van der Waals surface area (Å²) in [7, 11) is 0. The Kier molecular flexibility index (Phi) is 6.05. The molecule has 1 unspecified atom stereocenters. The van der Waals surface area contributed by atoms with Crippen LogP contribution in [0.25, 0.3) is 0 Å². The van der Waals surface area contributed by atoms with Crippen LogP contribution in [-0.2, 0) is 11.3 Å². The highest BCUT2D eigenvalue weighted by Crippen LogP contribution is 2.28. The quantitative estimate of drug-likeness (QED) is 0.794. The van der Waals surface area contributed by atoms with E-state index in [0.717, 1.165) is 25.5 Å². The van der Waals surface area contributed by atoms with E-state index in [0.29, 0.717) is 18.0 Å². The number of nitrogens with one attached hydrogen (secondary N) is 1. The molecule has 114 valence electrons. The zero-order valence-corrected chi connectivity index (χ0v) is 13.1. The van der Waals surface area contributed by atoms with Gasteiger partial charge in [-0.15, -0.1) is 0 Å². The van der Waals surface area contributed by atoms with Crippen molar-refractivity contribution < 1.29 is 4.74 Å². The van der Waals surface area contributed by atoms with E-state index >= 15 is 0 Å². The van der Waals surface area contributed by atoms with E-state index in [1.165, 1.54) is 25.7 Å². The molecule has 1 heterocycles. The second kappa shape index (κ2) is 7.79. The van der Waals surface area contributed by atoms with Crippen molar-refractivity contribution >= 4 is 0 Å². The highest BCUT2D eigenvalue weighted by Gasteiger charge is 2.18. The normalized spacial score (nSPS) is 18.0. The summed E-state index contributed by atoms with van der Waals surface area (Å²) in [6, 6.07) is 3.17. The number of hydrogen-bond donors (Lipinski definition) is 1. The maximum atomic E-state index is 5.54. The van der Waals surface area contributed by atoms with Gasteiger partial charge in [0.15, 0.2) is 0 Å². The van der Waals surface area contributed by atoms with Gasteiger partial charge in [0.05, 0.1) is 18.3 Å². The molecule has 1 N–H and O–H groups in total. The molecule has 1 aromatic heterocycles. The number of rotatable bonds is 8. The fraction of sp³-hybridized carbons (Fsp3) is 0.812. The molecule has 1 fully saturated rings. The minimum Gasteiger partial charge on any atom is -0.380 e. The van der Waals surface area contributed by atoms with Crippen LogP contribution in [0.4, 0.5) is 0 Å². The first-order chi connectivity index (χ1) is 9.70. The predicted molar refractivity (Wildman–Crippen MR) is 81.7 cm³/mol. The Morgan fingerprint density at radius 3 is 2.80 bits per heavy atom. The molecule has 1 aliphatic carbocycles. The lowest BCUT2D eigenvalue weighted by Crippen LogP contribution is -2.37. The Labute approximate surface area is 122 Å². The summed E-state index contributed by atoms with van der Waals surface area (Å²) in [4.78, 5) is 0. The third kappa shape index (κ3) is 4.32. The molecule has 0 aromatic carbocycles. The number of ether oxygens (including phenoxy) is 1. The van der Waals surface area contributed by atoms with Gasteiger partial charge < -0.3 is 10.1 Å². The fourth-order valence-electron chi connectivity index (χ4n) is 2.81. The Morgan fingerprint density at radius 2 is 2.15 bits per heavy atom. The average molecular weight is 279 g/mol. The summed E-state index contributed by atoms with van der Waals surface area (Å²) in [6.07, 6.45) is 7.41. The van der Waals surface area contributed by atoms with Crippen molar-refractivity contribution in [2.45, 2.75) is 65.1 Å². The van der Waals surface area contributed by atoms with Gasteiger partial charge in [-0.25, -0.2) is 0 Å². The molecule has 0 spiro atoms. The summed E-state index contributed by atoms with van der Waals surface area (Å²) in [6.45, 7) is 8.89. The van der Waals surface area contributed by atoms with Gasteiger partial charge in [-0.05, 0) is 31.7 Å². The fourth-order valence-corrected chi connectivity index (χ4v) is 2.81. The van der Waals surface area contributed by atoms with Gasteiger partial charge in [0, 0.05) is 25.4 Å². The van der Waals surface area contributed by atoms with Crippen LogP contribution in [-0.4, -0.2) is 29.0 Å². The van der Waals surface area contributed by atoms with Crippen molar-refractivity contribution in [3.05, 3.63) is 18.0 Å². The van der Waals surface area contributed by atoms with Gasteiger partial charge >= 0.3 is 0 Å². The third-order valence-corrected chi connectivity index (χ3v) is 4.21. The Hall–Kier alpha value is -0.870. The van der Waals surface area contributed by atoms with Crippen molar-refractivity contribution in [3.63, 3.8) is 0 Å². The first-order valence-electron chi connectivity index (χ1n) is 8.06. The van der Waals surface area contributed by atoms with Crippen LogP contribution in [0.1, 0.15) is 58.2 Å². The van der Waals surface area contributed by atoms with E-state index in [1.807, 2.05) is 6.92 Å². The Morgan fingerprint density at radius 1 is 1.40 bits per heavy atom. The van der Waals surface area contributed by atoms with Gasteiger partial charge in [0.1, 0.15) is 0 Å². The maximum absolute atomic E-state index is 5.54. The molecule has 0 aliphatic heterocycles. The lowest BCUT2D eigenvalue weighted by molar-refractivity contribution is 0.107. The van der Waals surface area contributed by atoms with Crippen molar-refractivity contribution in [1.29, 1.82) is 0 Å². The van der Waals surface area contributed by atoms with Crippen molar-refractivity contribution in [1.82, 2.24) is 15.1 Å². The standard InChI is InChI=1S/C16H29N3O/c1-4-20-12-16(13(2)3)17-11-14-9-10-19(18-14)15-7-5-6-8-15/h9-10,13,15-17H,4-8,11-12H2,1-3H3. The summed E-state index contributed by atoms with van der Waals surface area (Å²) >= 11 is 0. The molecule has 1 atom stereocenters. The number of nitrogens with zero attached hydrogens (tertiary/aromatic N) is 2. The van der Waals surface area contributed by atoms with Gasteiger partial charge in [-0.3, -0.25) is 4.68 Å². The van der Waals surface area contributed by atoms with Gasteiger partial charge in [-0.2, -0.15) is 5.10 Å². The average Bonchev–Trinajstić information content (AvgIpc) is 3.09. The molecule has 1 saturated carbocycles. The smallest absolute Gasteiger partial charge is 0.0762 e. The molecular formula is C16H29N3O. The first kappa shape index (κ1) is 15.5. The van der Waals surface area contributed by atoms with Gasteiger partial charge in [0.25, 0.3) is 0 Å². The van der Waals surface area contributed by atoms with Gasteiger partial charge in [0.2, 0.25) is 0 Å². The van der Waals surface area contributed by atoms with Crippen LogP contribution in [0.2, 0.25) is 0 Å². The van der Waals surface area contributed by atoms with Crippen molar-refractivity contribution in [2.24, 2.45) is 5.92 Å². The zero-order valence-electron chi connectivity index (χ0n) is 13.1. The van der Waals surface area contributed by atoms with E-state index < -0.39 is 0 Å². The molecule has 2 rings (SSSR count). The number of aromatic nitrogens is 2. The summed E-state index contributed by atoms with van der Waals surface area (Å²) in [5, 5.41) is 8.29. The number of hydrogen-bond acceptors (Lipinski definition) is 3. The molecule has 20 heavy (non-hydrogen) atoms.